The average Bonchev–Trinajstić information content (AvgIpc) is 2.73. The summed E-state index contributed by atoms with van der Waals surface area (Å²) in [4.78, 5) is 21.2. The lowest BCUT2D eigenvalue weighted by molar-refractivity contribution is -0.127. The number of aliphatic hydroxyl groups excluding tert-OH is 1. The van der Waals surface area contributed by atoms with Gasteiger partial charge in [0, 0.05) is 41.4 Å². The van der Waals surface area contributed by atoms with Gasteiger partial charge in [0.2, 0.25) is 0 Å². The zero-order valence-corrected chi connectivity index (χ0v) is 16.7. The van der Waals surface area contributed by atoms with Gasteiger partial charge in [0.15, 0.2) is 0 Å². The second-order valence-corrected chi connectivity index (χ2v) is 6.90. The SMILES string of the molecule is Cc1ccc(-c2cc(C(=O)Nc3ccc(CC(F)(F)F)cc3)cnc2NCCO)cn1. The Labute approximate surface area is 177 Å². The van der Waals surface area contributed by atoms with E-state index in [1.807, 2.05) is 19.1 Å². The molecule has 0 bridgehead atoms. The number of aliphatic hydroxyl groups is 1. The molecule has 0 atom stereocenters. The number of halogens is 3. The van der Waals surface area contributed by atoms with Gasteiger partial charge in [0.1, 0.15) is 5.82 Å². The number of nitrogens with zero attached hydrogens (tertiary/aromatic N) is 2. The van der Waals surface area contributed by atoms with Crippen molar-refractivity contribution in [1.29, 1.82) is 0 Å². The minimum absolute atomic E-state index is 0.0835. The summed E-state index contributed by atoms with van der Waals surface area (Å²) in [5.41, 5.74) is 2.96. The van der Waals surface area contributed by atoms with Gasteiger partial charge in [-0.3, -0.25) is 9.78 Å². The minimum atomic E-state index is -4.29. The van der Waals surface area contributed by atoms with E-state index in [0.29, 0.717) is 17.1 Å². The summed E-state index contributed by atoms with van der Waals surface area (Å²) in [5.74, 6) is 0.0406. The van der Waals surface area contributed by atoms with Crippen molar-refractivity contribution < 1.29 is 23.1 Å². The molecule has 1 amide bonds. The summed E-state index contributed by atoms with van der Waals surface area (Å²) in [5, 5.41) is 14.8. The van der Waals surface area contributed by atoms with Crippen LogP contribution in [-0.2, 0) is 6.42 Å². The number of hydrogen-bond donors (Lipinski definition) is 3. The van der Waals surface area contributed by atoms with E-state index in [0.717, 1.165) is 11.3 Å². The van der Waals surface area contributed by atoms with Crippen molar-refractivity contribution >= 4 is 17.4 Å². The maximum Gasteiger partial charge on any atom is 0.393 e. The number of nitrogens with one attached hydrogen (secondary N) is 2. The molecule has 3 aromatic rings. The molecule has 2 aromatic heterocycles. The molecule has 9 heteroatoms. The zero-order valence-electron chi connectivity index (χ0n) is 16.7. The molecule has 31 heavy (non-hydrogen) atoms. The fourth-order valence-corrected chi connectivity index (χ4v) is 2.89. The van der Waals surface area contributed by atoms with Crippen LogP contribution in [0.3, 0.4) is 0 Å². The predicted molar refractivity (Wildman–Crippen MR) is 112 cm³/mol. The molecule has 162 valence electrons. The van der Waals surface area contributed by atoms with Gasteiger partial charge < -0.3 is 15.7 Å². The van der Waals surface area contributed by atoms with E-state index in [1.165, 1.54) is 30.5 Å². The highest BCUT2D eigenvalue weighted by atomic mass is 19.4. The minimum Gasteiger partial charge on any atom is -0.395 e. The highest BCUT2D eigenvalue weighted by Crippen LogP contribution is 2.27. The van der Waals surface area contributed by atoms with Crippen molar-refractivity contribution in [2.75, 3.05) is 23.8 Å². The number of hydrogen-bond acceptors (Lipinski definition) is 5. The molecule has 6 nitrogen and oxygen atoms in total. The van der Waals surface area contributed by atoms with Gasteiger partial charge in [0.05, 0.1) is 18.6 Å². The standard InChI is InChI=1S/C22H21F3N4O2/c1-14-2-5-16(12-27-14)19-10-17(13-28-20(19)26-8-9-30)21(31)29-18-6-3-15(4-7-18)11-22(23,24)25/h2-7,10,12-13,30H,8-9,11H2,1H3,(H,26,28)(H,29,31). The van der Waals surface area contributed by atoms with Gasteiger partial charge >= 0.3 is 6.18 Å². The number of aryl methyl sites for hydroxylation is 1. The maximum absolute atomic E-state index is 12.7. The van der Waals surface area contributed by atoms with E-state index >= 15 is 0 Å². The van der Waals surface area contributed by atoms with Gasteiger partial charge in [-0.2, -0.15) is 13.2 Å². The number of rotatable bonds is 7. The normalized spacial score (nSPS) is 11.3. The van der Waals surface area contributed by atoms with Gasteiger partial charge in [0.25, 0.3) is 5.91 Å². The van der Waals surface area contributed by atoms with Crippen LogP contribution in [0.25, 0.3) is 11.1 Å². The molecule has 0 unspecified atom stereocenters. The first-order chi connectivity index (χ1) is 14.7. The van der Waals surface area contributed by atoms with E-state index in [1.54, 1.807) is 12.3 Å². The van der Waals surface area contributed by atoms with Gasteiger partial charge in [-0.1, -0.05) is 18.2 Å². The monoisotopic (exact) mass is 430 g/mol. The molecule has 0 saturated heterocycles. The topological polar surface area (TPSA) is 87.1 Å². The largest absolute Gasteiger partial charge is 0.395 e. The summed E-state index contributed by atoms with van der Waals surface area (Å²) in [7, 11) is 0. The Kier molecular flexibility index (Phi) is 6.86. The number of alkyl halides is 3. The van der Waals surface area contributed by atoms with Gasteiger partial charge in [-0.15, -0.1) is 0 Å². The Bertz CT molecular complexity index is 1040. The number of pyridine rings is 2. The lowest BCUT2D eigenvalue weighted by atomic mass is 10.1. The van der Waals surface area contributed by atoms with Crippen LogP contribution < -0.4 is 10.6 Å². The Hall–Kier alpha value is -3.46. The van der Waals surface area contributed by atoms with Crippen LogP contribution in [0, 0.1) is 6.92 Å². The lowest BCUT2D eigenvalue weighted by Gasteiger charge is -2.13. The van der Waals surface area contributed by atoms with E-state index in [2.05, 4.69) is 20.6 Å². The Morgan fingerprint density at radius 3 is 2.42 bits per heavy atom. The molecule has 0 fully saturated rings. The Morgan fingerprint density at radius 2 is 1.81 bits per heavy atom. The summed E-state index contributed by atoms with van der Waals surface area (Å²) in [6.07, 6.45) is -2.26. The van der Waals surface area contributed by atoms with Gasteiger partial charge in [-0.05, 0) is 36.8 Å². The van der Waals surface area contributed by atoms with Crippen LogP contribution in [0.1, 0.15) is 21.6 Å². The summed E-state index contributed by atoms with van der Waals surface area (Å²) < 4.78 is 37.4. The number of carbonyl (C=O) groups excluding carboxylic acids is 1. The molecule has 1 aromatic carbocycles. The molecule has 3 rings (SSSR count). The smallest absolute Gasteiger partial charge is 0.393 e. The fraction of sp³-hybridized carbons (Fsp3) is 0.227. The summed E-state index contributed by atoms with van der Waals surface area (Å²) in [6.45, 7) is 2.06. The molecule has 3 N–H and O–H groups in total. The van der Waals surface area contributed by atoms with Crippen molar-refractivity contribution in [3.63, 3.8) is 0 Å². The second kappa shape index (κ2) is 9.57. The van der Waals surface area contributed by atoms with E-state index in [4.69, 9.17) is 5.11 Å². The number of amides is 1. The molecule has 0 radical (unpaired) electrons. The van der Waals surface area contributed by atoms with Crippen LogP contribution in [0.4, 0.5) is 24.7 Å². The molecule has 0 aliphatic carbocycles. The number of benzene rings is 1. The first-order valence-corrected chi connectivity index (χ1v) is 9.50. The molecule has 0 saturated carbocycles. The second-order valence-electron chi connectivity index (χ2n) is 6.90. The van der Waals surface area contributed by atoms with Crippen LogP contribution in [0.2, 0.25) is 0 Å². The summed E-state index contributed by atoms with van der Waals surface area (Å²) >= 11 is 0. The van der Waals surface area contributed by atoms with E-state index in [-0.39, 0.29) is 24.3 Å². The summed E-state index contributed by atoms with van der Waals surface area (Å²) in [6, 6.07) is 10.8. The third kappa shape index (κ3) is 6.26. The van der Waals surface area contributed by atoms with Crippen LogP contribution in [0.15, 0.2) is 54.9 Å². The maximum atomic E-state index is 12.7. The molecule has 0 spiro atoms. The third-order valence-electron chi connectivity index (χ3n) is 4.39. The van der Waals surface area contributed by atoms with Crippen LogP contribution in [-0.4, -0.2) is 40.3 Å². The number of carbonyl (C=O) groups is 1. The molecular weight excluding hydrogens is 409 g/mol. The highest BCUT2D eigenvalue weighted by molar-refractivity contribution is 6.05. The first kappa shape index (κ1) is 22.2. The van der Waals surface area contributed by atoms with Crippen molar-refractivity contribution in [2.45, 2.75) is 19.5 Å². The molecule has 0 aliphatic rings. The molecule has 0 aliphatic heterocycles. The van der Waals surface area contributed by atoms with Crippen LogP contribution >= 0.6 is 0 Å². The van der Waals surface area contributed by atoms with E-state index < -0.39 is 18.5 Å². The van der Waals surface area contributed by atoms with Crippen molar-refractivity contribution in [3.8, 4) is 11.1 Å². The average molecular weight is 430 g/mol. The molecular formula is C22H21F3N4O2. The number of anilines is 2. The van der Waals surface area contributed by atoms with E-state index in [9.17, 15) is 18.0 Å². The zero-order chi connectivity index (χ0) is 22.4. The van der Waals surface area contributed by atoms with Crippen LogP contribution in [0.5, 0.6) is 0 Å². The quantitative estimate of drug-likeness (QED) is 0.523. The first-order valence-electron chi connectivity index (χ1n) is 9.50. The predicted octanol–water partition coefficient (Wildman–Crippen LogP) is 4.21. The number of aromatic nitrogens is 2. The van der Waals surface area contributed by atoms with Crippen molar-refractivity contribution in [2.24, 2.45) is 0 Å². The third-order valence-corrected chi connectivity index (χ3v) is 4.39. The fourth-order valence-electron chi connectivity index (χ4n) is 2.89. The Morgan fingerprint density at radius 1 is 1.06 bits per heavy atom. The van der Waals surface area contributed by atoms with Crippen molar-refractivity contribution in [3.05, 3.63) is 71.7 Å². The lowest BCUT2D eigenvalue weighted by Crippen LogP contribution is -2.14. The highest BCUT2D eigenvalue weighted by Gasteiger charge is 2.27. The molecule has 2 heterocycles. The van der Waals surface area contributed by atoms with Crippen molar-refractivity contribution in [1.82, 2.24) is 9.97 Å². The van der Waals surface area contributed by atoms with Gasteiger partial charge in [-0.25, -0.2) is 4.98 Å². The Balaban J connectivity index is 1.82.